The van der Waals surface area contributed by atoms with Gasteiger partial charge in [-0.3, -0.25) is 24.0 Å². The van der Waals surface area contributed by atoms with E-state index in [1.54, 1.807) is 12.1 Å². The van der Waals surface area contributed by atoms with E-state index in [1.165, 1.54) is 0 Å². The monoisotopic (exact) mass is 800 g/mol. The van der Waals surface area contributed by atoms with Crippen molar-refractivity contribution in [3.63, 3.8) is 0 Å². The fraction of sp³-hybridized carbons (Fsp3) is 0.405. The van der Waals surface area contributed by atoms with Gasteiger partial charge in [-0.25, -0.2) is 9.59 Å². The number of hydrogen-bond donors (Lipinski definition) is 7. The summed E-state index contributed by atoms with van der Waals surface area (Å²) in [6, 6.07) is 20.4. The minimum Gasteiger partial charge on any atom is -0.467 e. The van der Waals surface area contributed by atoms with Crippen LogP contribution in [0, 0.1) is 0 Å². The molecular formula is C42H52N6O10. The molecule has 0 aliphatic heterocycles. The van der Waals surface area contributed by atoms with Gasteiger partial charge in [0.25, 0.3) is 5.91 Å². The lowest BCUT2D eigenvalue weighted by Crippen LogP contribution is -2.54. The van der Waals surface area contributed by atoms with Crippen LogP contribution in [0.4, 0.5) is 4.79 Å². The number of amides is 6. The topological polar surface area (TPSA) is 230 Å². The summed E-state index contributed by atoms with van der Waals surface area (Å²) in [5, 5.41) is 24.3. The standard InChI is InChI=1S/C42H52N6O10/c1-42(2,3)27-18-16-26(17-19-27)38(53)46-22-36(51)44-21-35(50)45-23-37(52)47-33(39(54)48-34(24-49)40(55)57-4)15-9-10-20-43-41(56)58-25-32-30-13-7-5-11-28(30)29-12-6-8-14-31(29)32/h5-8,11-14,16-19,32-34,49H,9-10,15,20-25H2,1-4H3,(H,43,56)(H,44,51)(H,45,50)(H,46,53)(H,47,52)(H,48,54)/t33-,34-/m0/s1. The van der Waals surface area contributed by atoms with E-state index >= 15 is 0 Å². The molecule has 3 aromatic carbocycles. The predicted molar refractivity (Wildman–Crippen MR) is 213 cm³/mol. The Kier molecular flexibility index (Phi) is 16.3. The zero-order valence-electron chi connectivity index (χ0n) is 33.1. The smallest absolute Gasteiger partial charge is 0.407 e. The third kappa shape index (κ3) is 12.9. The molecule has 0 aromatic heterocycles. The predicted octanol–water partition coefficient (Wildman–Crippen LogP) is 1.79. The number of alkyl carbamates (subject to hydrolysis) is 1. The average molecular weight is 801 g/mol. The van der Waals surface area contributed by atoms with Gasteiger partial charge in [0.2, 0.25) is 23.6 Å². The van der Waals surface area contributed by atoms with Crippen molar-refractivity contribution < 1.29 is 48.1 Å². The van der Waals surface area contributed by atoms with Crippen molar-refractivity contribution in [1.82, 2.24) is 31.9 Å². The molecule has 0 saturated heterocycles. The molecule has 1 aliphatic carbocycles. The number of esters is 1. The molecule has 0 heterocycles. The molecule has 4 rings (SSSR count). The Morgan fingerprint density at radius 2 is 1.26 bits per heavy atom. The highest BCUT2D eigenvalue weighted by Gasteiger charge is 2.30. The molecule has 16 nitrogen and oxygen atoms in total. The van der Waals surface area contributed by atoms with Crippen LogP contribution < -0.4 is 31.9 Å². The number of methoxy groups -OCH3 is 1. The number of carbonyl (C=O) groups is 7. The Hall–Kier alpha value is -6.29. The van der Waals surface area contributed by atoms with Crippen LogP contribution in [0.25, 0.3) is 11.1 Å². The molecule has 0 saturated carbocycles. The fourth-order valence-corrected chi connectivity index (χ4v) is 6.29. The van der Waals surface area contributed by atoms with E-state index in [9.17, 15) is 38.7 Å². The second-order valence-electron chi connectivity index (χ2n) is 14.7. The summed E-state index contributed by atoms with van der Waals surface area (Å²) >= 11 is 0. The molecule has 0 fully saturated rings. The number of hydrogen-bond acceptors (Lipinski definition) is 10. The molecule has 1 aliphatic rings. The number of aliphatic hydroxyl groups excluding tert-OH is 1. The molecule has 6 amide bonds. The van der Waals surface area contributed by atoms with Crippen molar-refractivity contribution in [2.45, 2.75) is 63.5 Å². The highest BCUT2D eigenvalue weighted by atomic mass is 16.5. The third-order valence-corrected chi connectivity index (χ3v) is 9.48. The summed E-state index contributed by atoms with van der Waals surface area (Å²) in [5.74, 6) is -4.32. The molecule has 0 radical (unpaired) electrons. The molecule has 7 N–H and O–H groups in total. The van der Waals surface area contributed by atoms with Crippen LogP contribution in [-0.4, -0.2) is 105 Å². The Balaban J connectivity index is 1.19. The first-order valence-corrected chi connectivity index (χ1v) is 19.0. The van der Waals surface area contributed by atoms with Crippen molar-refractivity contribution in [2.75, 3.05) is 46.5 Å². The van der Waals surface area contributed by atoms with Crippen LogP contribution in [0.2, 0.25) is 0 Å². The van der Waals surface area contributed by atoms with E-state index in [4.69, 9.17) is 4.74 Å². The molecule has 16 heteroatoms. The highest BCUT2D eigenvalue weighted by Crippen LogP contribution is 2.44. The second-order valence-corrected chi connectivity index (χ2v) is 14.7. The summed E-state index contributed by atoms with van der Waals surface area (Å²) in [6.07, 6.45) is 0.192. The van der Waals surface area contributed by atoms with Gasteiger partial charge >= 0.3 is 12.1 Å². The van der Waals surface area contributed by atoms with Crippen molar-refractivity contribution >= 4 is 41.6 Å². The van der Waals surface area contributed by atoms with Crippen LogP contribution in [0.3, 0.4) is 0 Å². The zero-order chi connectivity index (χ0) is 42.2. The largest absolute Gasteiger partial charge is 0.467 e. The fourth-order valence-electron chi connectivity index (χ4n) is 6.29. The Morgan fingerprint density at radius 1 is 0.690 bits per heavy atom. The number of nitrogens with one attached hydrogen (secondary N) is 6. The molecule has 2 atom stereocenters. The average Bonchev–Trinajstić information content (AvgIpc) is 3.54. The van der Waals surface area contributed by atoms with Crippen molar-refractivity contribution in [2.24, 2.45) is 0 Å². The maximum atomic E-state index is 13.1. The summed E-state index contributed by atoms with van der Waals surface area (Å²) < 4.78 is 10.2. The molecular weight excluding hydrogens is 748 g/mol. The van der Waals surface area contributed by atoms with Crippen LogP contribution >= 0.6 is 0 Å². The molecule has 0 bridgehead atoms. The number of rotatable bonds is 19. The van der Waals surface area contributed by atoms with Gasteiger partial charge in [-0.05, 0) is 64.6 Å². The van der Waals surface area contributed by atoms with Crippen molar-refractivity contribution in [3.8, 4) is 11.1 Å². The zero-order valence-corrected chi connectivity index (χ0v) is 33.1. The van der Waals surface area contributed by atoms with Gasteiger partial charge in [0, 0.05) is 18.0 Å². The highest BCUT2D eigenvalue weighted by molar-refractivity contribution is 5.97. The lowest BCUT2D eigenvalue weighted by molar-refractivity contribution is -0.146. The Bertz CT molecular complexity index is 1900. The molecule has 0 spiro atoms. The Labute approximate surface area is 337 Å². The molecule has 3 aromatic rings. The summed E-state index contributed by atoms with van der Waals surface area (Å²) in [5.41, 5.74) is 5.73. The minimum absolute atomic E-state index is 0.0692. The van der Waals surface area contributed by atoms with Gasteiger partial charge < -0.3 is 46.5 Å². The number of fused-ring (bicyclic) bond motifs is 3. The van der Waals surface area contributed by atoms with E-state index in [1.807, 2.05) is 60.7 Å². The number of unbranched alkanes of at least 4 members (excludes halogenated alkanes) is 1. The van der Waals surface area contributed by atoms with E-state index in [-0.39, 0.29) is 37.5 Å². The van der Waals surface area contributed by atoms with Crippen LogP contribution in [0.5, 0.6) is 0 Å². The maximum Gasteiger partial charge on any atom is 0.407 e. The van der Waals surface area contributed by atoms with Crippen LogP contribution in [0.1, 0.15) is 73.0 Å². The number of carbonyl (C=O) groups excluding carboxylic acids is 7. The molecule has 310 valence electrons. The van der Waals surface area contributed by atoms with Crippen LogP contribution in [0.15, 0.2) is 72.8 Å². The van der Waals surface area contributed by atoms with E-state index in [2.05, 4.69) is 57.4 Å². The number of benzene rings is 3. The first kappa shape index (κ1) is 44.4. The maximum absolute atomic E-state index is 13.1. The molecule has 58 heavy (non-hydrogen) atoms. The van der Waals surface area contributed by atoms with Gasteiger partial charge in [0.15, 0.2) is 6.04 Å². The van der Waals surface area contributed by atoms with Gasteiger partial charge in [0.05, 0.1) is 33.4 Å². The number of aliphatic hydroxyl groups is 1. The third-order valence-electron chi connectivity index (χ3n) is 9.48. The SMILES string of the molecule is COC(=O)[C@H](CO)NC(=O)[C@H](CCCCNC(=O)OCC1c2ccccc2-c2ccccc21)NC(=O)CNC(=O)CNC(=O)CNC(=O)c1ccc(C(C)(C)C)cc1. The van der Waals surface area contributed by atoms with Gasteiger partial charge in [0.1, 0.15) is 12.6 Å². The first-order chi connectivity index (χ1) is 27.7. The van der Waals surface area contributed by atoms with Crippen molar-refractivity contribution in [1.29, 1.82) is 0 Å². The van der Waals surface area contributed by atoms with Crippen molar-refractivity contribution in [3.05, 3.63) is 95.1 Å². The lowest BCUT2D eigenvalue weighted by Gasteiger charge is -2.21. The van der Waals surface area contributed by atoms with Gasteiger partial charge in [-0.2, -0.15) is 0 Å². The normalized spacial score (nSPS) is 12.8. The van der Waals surface area contributed by atoms with Crippen LogP contribution in [-0.2, 0) is 38.9 Å². The number of ether oxygens (including phenoxy) is 2. The lowest BCUT2D eigenvalue weighted by atomic mass is 9.87. The minimum atomic E-state index is -1.38. The van der Waals surface area contributed by atoms with Gasteiger partial charge in [-0.15, -0.1) is 0 Å². The van der Waals surface area contributed by atoms with E-state index in [0.717, 1.165) is 34.9 Å². The van der Waals surface area contributed by atoms with Gasteiger partial charge in [-0.1, -0.05) is 81.4 Å². The second kappa shape index (κ2) is 21.3. The quantitative estimate of drug-likeness (QED) is 0.0687. The molecule has 0 unspecified atom stereocenters. The summed E-state index contributed by atoms with van der Waals surface area (Å²) in [7, 11) is 1.09. The Morgan fingerprint density at radius 3 is 1.83 bits per heavy atom. The summed E-state index contributed by atoms with van der Waals surface area (Å²) in [4.78, 5) is 87.5. The van der Waals surface area contributed by atoms with E-state index < -0.39 is 73.4 Å². The van der Waals surface area contributed by atoms with E-state index in [0.29, 0.717) is 18.4 Å². The first-order valence-electron chi connectivity index (χ1n) is 19.0. The summed E-state index contributed by atoms with van der Waals surface area (Å²) in [6.45, 7) is 4.33.